The summed E-state index contributed by atoms with van der Waals surface area (Å²) in [6, 6.07) is 10.4. The molecule has 132 valence electrons. The van der Waals surface area contributed by atoms with Gasteiger partial charge < -0.3 is 5.32 Å². The number of hydrogen-bond acceptors (Lipinski definition) is 5. The molecular formula is C19H16ClN3O2S. The van der Waals surface area contributed by atoms with E-state index in [0.29, 0.717) is 17.1 Å². The number of nitrogens with one attached hydrogen (secondary N) is 1. The third-order valence-corrected chi connectivity index (χ3v) is 4.88. The molecule has 1 amide bonds. The van der Waals surface area contributed by atoms with Crippen molar-refractivity contribution in [1.82, 2.24) is 15.3 Å². The zero-order valence-electron chi connectivity index (χ0n) is 13.8. The topological polar surface area (TPSA) is 72.0 Å². The van der Waals surface area contributed by atoms with E-state index in [2.05, 4.69) is 15.3 Å². The molecule has 1 aromatic carbocycles. The van der Waals surface area contributed by atoms with Gasteiger partial charge in [-0.2, -0.15) is 0 Å². The quantitative estimate of drug-likeness (QED) is 0.620. The standard InChI is InChI=1S/C19H16ClN3O2S/c20-15-3-1-13(2-4-15)17(24)5-6-18(25)22-11-16-12-26-19(23-16)14-7-9-21-10-8-14/h1-4,7-10,12H,5-6,11H2,(H,22,25). The van der Waals surface area contributed by atoms with Crippen LogP contribution in [0.1, 0.15) is 28.9 Å². The van der Waals surface area contributed by atoms with Crippen molar-refractivity contribution in [1.29, 1.82) is 0 Å². The van der Waals surface area contributed by atoms with Crippen LogP contribution in [-0.2, 0) is 11.3 Å². The number of rotatable bonds is 7. The SMILES string of the molecule is O=C(CCC(=O)c1ccc(Cl)cc1)NCc1csc(-c2ccncc2)n1. The summed E-state index contributed by atoms with van der Waals surface area (Å²) in [5.74, 6) is -0.253. The van der Waals surface area contributed by atoms with Crippen molar-refractivity contribution in [2.24, 2.45) is 0 Å². The average molecular weight is 386 g/mol. The fourth-order valence-corrected chi connectivity index (χ4v) is 3.25. The van der Waals surface area contributed by atoms with Crippen molar-refractivity contribution in [2.75, 3.05) is 0 Å². The maximum Gasteiger partial charge on any atom is 0.220 e. The van der Waals surface area contributed by atoms with Crippen molar-refractivity contribution in [3.05, 3.63) is 70.5 Å². The zero-order chi connectivity index (χ0) is 18.4. The van der Waals surface area contributed by atoms with Crippen LogP contribution in [0.25, 0.3) is 10.6 Å². The monoisotopic (exact) mass is 385 g/mol. The summed E-state index contributed by atoms with van der Waals surface area (Å²) < 4.78 is 0. The van der Waals surface area contributed by atoms with Gasteiger partial charge in [0.25, 0.3) is 0 Å². The number of benzene rings is 1. The molecule has 0 radical (unpaired) electrons. The van der Waals surface area contributed by atoms with Crippen molar-refractivity contribution < 1.29 is 9.59 Å². The van der Waals surface area contributed by atoms with E-state index in [-0.39, 0.29) is 24.5 Å². The molecule has 5 nitrogen and oxygen atoms in total. The minimum absolute atomic E-state index is 0.0783. The number of pyridine rings is 1. The highest BCUT2D eigenvalue weighted by atomic mass is 35.5. The smallest absolute Gasteiger partial charge is 0.220 e. The number of nitrogens with zero attached hydrogens (tertiary/aromatic N) is 2. The lowest BCUT2D eigenvalue weighted by molar-refractivity contribution is -0.121. The van der Waals surface area contributed by atoms with Gasteiger partial charge in [0.15, 0.2) is 5.78 Å². The van der Waals surface area contributed by atoms with Crippen molar-refractivity contribution in [3.8, 4) is 10.6 Å². The minimum atomic E-state index is -0.175. The molecule has 0 unspecified atom stereocenters. The third-order valence-electron chi connectivity index (χ3n) is 3.69. The van der Waals surface area contributed by atoms with Crippen LogP contribution < -0.4 is 5.32 Å². The van der Waals surface area contributed by atoms with E-state index in [9.17, 15) is 9.59 Å². The Labute approximate surface area is 160 Å². The molecule has 26 heavy (non-hydrogen) atoms. The molecule has 3 rings (SSSR count). The molecule has 0 atom stereocenters. The van der Waals surface area contributed by atoms with Gasteiger partial charge >= 0.3 is 0 Å². The first-order chi connectivity index (χ1) is 12.6. The Hall–Kier alpha value is -2.57. The molecule has 7 heteroatoms. The normalized spacial score (nSPS) is 10.5. The largest absolute Gasteiger partial charge is 0.350 e. The van der Waals surface area contributed by atoms with Gasteiger partial charge in [-0.05, 0) is 36.4 Å². The fraction of sp³-hybridized carbons (Fsp3) is 0.158. The molecule has 3 aromatic rings. The van der Waals surface area contributed by atoms with Crippen LogP contribution in [0.2, 0.25) is 5.02 Å². The second kappa shape index (κ2) is 8.69. The van der Waals surface area contributed by atoms with Gasteiger partial charge in [0, 0.05) is 46.8 Å². The first-order valence-corrected chi connectivity index (χ1v) is 9.28. The number of carbonyl (C=O) groups excluding carboxylic acids is 2. The number of halogens is 1. The van der Waals surface area contributed by atoms with Crippen LogP contribution in [0.3, 0.4) is 0 Å². The molecule has 1 N–H and O–H groups in total. The first kappa shape index (κ1) is 18.2. The minimum Gasteiger partial charge on any atom is -0.350 e. The summed E-state index contributed by atoms with van der Waals surface area (Å²) in [5, 5.41) is 6.17. The molecule has 2 heterocycles. The van der Waals surface area contributed by atoms with Crippen molar-refractivity contribution in [3.63, 3.8) is 0 Å². The number of Topliss-reactive ketones (excluding diaryl/α,β-unsaturated/α-hetero) is 1. The van der Waals surface area contributed by atoms with Gasteiger partial charge in [0.2, 0.25) is 5.91 Å². The Morgan fingerprint density at radius 2 is 1.77 bits per heavy atom. The highest BCUT2D eigenvalue weighted by Crippen LogP contribution is 2.22. The highest BCUT2D eigenvalue weighted by Gasteiger charge is 2.10. The Bertz CT molecular complexity index is 895. The van der Waals surface area contributed by atoms with Crippen LogP contribution in [0.15, 0.2) is 54.2 Å². The van der Waals surface area contributed by atoms with E-state index < -0.39 is 0 Å². The Kier molecular flexibility index (Phi) is 6.09. The van der Waals surface area contributed by atoms with Gasteiger partial charge in [-0.1, -0.05) is 11.6 Å². The first-order valence-electron chi connectivity index (χ1n) is 8.02. The Balaban J connectivity index is 1.46. The molecule has 0 spiro atoms. The van der Waals surface area contributed by atoms with Crippen LogP contribution in [0.4, 0.5) is 0 Å². The Morgan fingerprint density at radius 3 is 2.50 bits per heavy atom. The molecule has 0 aliphatic heterocycles. The van der Waals surface area contributed by atoms with Crippen LogP contribution >= 0.6 is 22.9 Å². The summed E-state index contributed by atoms with van der Waals surface area (Å²) in [4.78, 5) is 32.5. The lowest BCUT2D eigenvalue weighted by Gasteiger charge is -2.04. The van der Waals surface area contributed by atoms with E-state index in [1.807, 2.05) is 17.5 Å². The van der Waals surface area contributed by atoms with Gasteiger partial charge in [-0.25, -0.2) is 4.98 Å². The number of carbonyl (C=O) groups is 2. The molecule has 2 aromatic heterocycles. The zero-order valence-corrected chi connectivity index (χ0v) is 15.4. The molecule has 0 saturated heterocycles. The molecule has 0 aliphatic carbocycles. The van der Waals surface area contributed by atoms with Gasteiger partial charge in [-0.3, -0.25) is 14.6 Å². The maximum atomic E-state index is 12.1. The van der Waals surface area contributed by atoms with Gasteiger partial charge in [0.1, 0.15) is 5.01 Å². The summed E-state index contributed by atoms with van der Waals surface area (Å²) in [7, 11) is 0. The van der Waals surface area contributed by atoms with Crippen molar-refractivity contribution in [2.45, 2.75) is 19.4 Å². The average Bonchev–Trinajstić information content (AvgIpc) is 3.15. The predicted molar refractivity (Wildman–Crippen MR) is 102 cm³/mol. The number of amides is 1. The van der Waals surface area contributed by atoms with Gasteiger partial charge in [0.05, 0.1) is 12.2 Å². The summed E-state index contributed by atoms with van der Waals surface area (Å²) in [5.41, 5.74) is 2.35. The lowest BCUT2D eigenvalue weighted by Crippen LogP contribution is -2.23. The van der Waals surface area contributed by atoms with E-state index in [1.54, 1.807) is 36.7 Å². The molecule has 0 aliphatic rings. The second-order valence-electron chi connectivity index (χ2n) is 5.59. The van der Waals surface area contributed by atoms with E-state index in [1.165, 1.54) is 11.3 Å². The Morgan fingerprint density at radius 1 is 1.04 bits per heavy atom. The fourth-order valence-electron chi connectivity index (χ4n) is 2.30. The number of thiazole rings is 1. The molecule has 0 bridgehead atoms. The highest BCUT2D eigenvalue weighted by molar-refractivity contribution is 7.13. The summed E-state index contributed by atoms with van der Waals surface area (Å²) >= 11 is 7.32. The van der Waals surface area contributed by atoms with Crippen LogP contribution in [0.5, 0.6) is 0 Å². The molecular weight excluding hydrogens is 370 g/mol. The second-order valence-corrected chi connectivity index (χ2v) is 6.88. The van der Waals surface area contributed by atoms with E-state index >= 15 is 0 Å². The summed E-state index contributed by atoms with van der Waals surface area (Å²) in [6.45, 7) is 0.343. The lowest BCUT2D eigenvalue weighted by atomic mass is 10.1. The van der Waals surface area contributed by atoms with E-state index in [4.69, 9.17) is 11.6 Å². The van der Waals surface area contributed by atoms with Gasteiger partial charge in [-0.15, -0.1) is 11.3 Å². The van der Waals surface area contributed by atoms with Crippen LogP contribution in [-0.4, -0.2) is 21.7 Å². The number of hydrogen-bond donors (Lipinski definition) is 1. The van der Waals surface area contributed by atoms with Crippen molar-refractivity contribution >= 4 is 34.6 Å². The van der Waals surface area contributed by atoms with E-state index in [0.717, 1.165) is 16.3 Å². The summed E-state index contributed by atoms with van der Waals surface area (Å²) in [6.07, 6.45) is 3.74. The number of aromatic nitrogens is 2. The van der Waals surface area contributed by atoms with Crippen LogP contribution in [0, 0.1) is 0 Å². The predicted octanol–water partition coefficient (Wildman–Crippen LogP) is 4.14. The number of ketones is 1. The molecule has 0 saturated carbocycles. The maximum absolute atomic E-state index is 12.1. The molecule has 0 fully saturated rings. The third kappa shape index (κ3) is 4.97.